The van der Waals surface area contributed by atoms with Crippen LogP contribution < -0.4 is 0 Å². The summed E-state index contributed by atoms with van der Waals surface area (Å²) in [5.41, 5.74) is 0.539. The van der Waals surface area contributed by atoms with Gasteiger partial charge in [-0.1, -0.05) is 47.9 Å². The number of rotatable bonds is 1. The van der Waals surface area contributed by atoms with Crippen LogP contribution in [0.15, 0.2) is 58.9 Å². The molecule has 0 atom stereocenters. The van der Waals surface area contributed by atoms with Crippen molar-refractivity contribution in [2.45, 2.75) is 0 Å². The third kappa shape index (κ3) is 1.50. The van der Waals surface area contributed by atoms with Crippen LogP contribution in [0.2, 0.25) is 5.02 Å². The Kier molecular flexibility index (Phi) is 1.28. The van der Waals surface area contributed by atoms with Crippen molar-refractivity contribution < 1.29 is 11.3 Å². The van der Waals surface area contributed by atoms with Gasteiger partial charge in [0.05, 0.1) is 11.9 Å². The Morgan fingerprint density at radius 3 is 2.69 bits per heavy atom. The average molecular weight is 234 g/mol. The van der Waals surface area contributed by atoms with Crippen molar-refractivity contribution in [2.24, 2.45) is 0 Å². The van der Waals surface area contributed by atoms with Crippen molar-refractivity contribution in [2.75, 3.05) is 0 Å². The molecule has 0 unspecified atom stereocenters. The number of hydrogen-bond acceptors (Lipinski definition) is 1. The monoisotopic (exact) mass is 233 g/mol. The Hall–Kier alpha value is -1.73. The number of benzene rings is 2. The molecule has 78 valence electrons. The lowest BCUT2D eigenvalue weighted by atomic mass is 10.1. The second-order valence-electron chi connectivity index (χ2n) is 3.26. The predicted molar refractivity (Wildman–Crippen MR) is 66.7 cm³/mol. The smallest absolute Gasteiger partial charge is 0.136 e. The molecule has 0 N–H and O–H groups in total. The number of halogens is 1. The third-order valence-corrected chi connectivity index (χ3v) is 2.58. The van der Waals surface area contributed by atoms with E-state index in [1.165, 1.54) is 0 Å². The summed E-state index contributed by atoms with van der Waals surface area (Å²) in [4.78, 5) is 0. The largest absolute Gasteiger partial charge is 0.456 e. The molecule has 0 radical (unpaired) electrons. The van der Waals surface area contributed by atoms with Gasteiger partial charge in [0.25, 0.3) is 0 Å². The van der Waals surface area contributed by atoms with Gasteiger partial charge >= 0.3 is 0 Å². The molecular weight excluding hydrogens is 220 g/mol. The Morgan fingerprint density at radius 1 is 1.12 bits per heavy atom. The molecule has 0 fully saturated rings. The standard InChI is InChI=1S/C14H9ClO/c15-12-7-4-8-13-11(12)9-14(16-13)10-5-2-1-3-6-10/h1-9H/i1D,2D,3D,5D,6D. The lowest BCUT2D eigenvalue weighted by molar-refractivity contribution is 0.631. The van der Waals surface area contributed by atoms with Gasteiger partial charge in [0.1, 0.15) is 11.3 Å². The van der Waals surface area contributed by atoms with Crippen LogP contribution in [0.1, 0.15) is 6.85 Å². The molecule has 1 heterocycles. The van der Waals surface area contributed by atoms with E-state index in [2.05, 4.69) is 0 Å². The first-order chi connectivity index (χ1) is 9.91. The van der Waals surface area contributed by atoms with Crippen LogP contribution in [0.4, 0.5) is 0 Å². The predicted octanol–water partition coefficient (Wildman–Crippen LogP) is 4.75. The van der Waals surface area contributed by atoms with E-state index in [-0.39, 0.29) is 23.4 Å². The highest BCUT2D eigenvalue weighted by Crippen LogP contribution is 2.31. The average Bonchev–Trinajstić information content (AvgIpc) is 2.88. The van der Waals surface area contributed by atoms with Gasteiger partial charge in [-0.3, -0.25) is 0 Å². The lowest BCUT2D eigenvalue weighted by Gasteiger charge is -1.93. The van der Waals surface area contributed by atoms with E-state index in [1.807, 2.05) is 0 Å². The summed E-state index contributed by atoms with van der Waals surface area (Å²) in [6.07, 6.45) is 0. The molecule has 16 heavy (non-hydrogen) atoms. The summed E-state index contributed by atoms with van der Waals surface area (Å²) in [5, 5.41) is 1.12. The first-order valence-corrected chi connectivity index (χ1v) is 5.05. The normalized spacial score (nSPS) is 15.2. The minimum atomic E-state index is -0.428. The van der Waals surface area contributed by atoms with Crippen LogP contribution in [-0.2, 0) is 0 Å². The Labute approximate surface area is 105 Å². The van der Waals surface area contributed by atoms with E-state index in [4.69, 9.17) is 22.9 Å². The second kappa shape index (κ2) is 3.69. The summed E-state index contributed by atoms with van der Waals surface area (Å²) < 4.78 is 44.4. The Balaban J connectivity index is 2.35. The first-order valence-electron chi connectivity index (χ1n) is 7.17. The van der Waals surface area contributed by atoms with E-state index >= 15 is 0 Å². The van der Waals surface area contributed by atoms with Crippen molar-refractivity contribution in [3.8, 4) is 11.3 Å². The van der Waals surface area contributed by atoms with E-state index in [0.717, 1.165) is 0 Å². The molecule has 1 nitrogen and oxygen atoms in total. The minimum Gasteiger partial charge on any atom is -0.456 e. The van der Waals surface area contributed by atoms with Crippen LogP contribution in [0.5, 0.6) is 0 Å². The van der Waals surface area contributed by atoms with Crippen molar-refractivity contribution in [3.05, 3.63) is 59.5 Å². The van der Waals surface area contributed by atoms with Crippen molar-refractivity contribution >= 4 is 22.6 Å². The molecule has 0 aliphatic heterocycles. The highest BCUT2D eigenvalue weighted by molar-refractivity contribution is 6.35. The fraction of sp³-hybridized carbons (Fsp3) is 0. The fourth-order valence-electron chi connectivity index (χ4n) is 1.52. The summed E-state index contributed by atoms with van der Waals surface area (Å²) >= 11 is 6.07. The topological polar surface area (TPSA) is 13.1 Å². The summed E-state index contributed by atoms with van der Waals surface area (Å²) in [6, 6.07) is 4.92. The van der Waals surface area contributed by atoms with E-state index in [9.17, 15) is 0 Å². The molecule has 0 amide bonds. The van der Waals surface area contributed by atoms with Gasteiger partial charge in [-0.15, -0.1) is 0 Å². The van der Waals surface area contributed by atoms with Crippen LogP contribution in [-0.4, -0.2) is 0 Å². The Bertz CT molecular complexity index is 842. The van der Waals surface area contributed by atoms with Crippen molar-refractivity contribution in [1.29, 1.82) is 0 Å². The van der Waals surface area contributed by atoms with Gasteiger partial charge in [-0.05, 0) is 18.2 Å². The maximum absolute atomic E-state index is 7.93. The lowest BCUT2D eigenvalue weighted by Crippen LogP contribution is -1.69. The minimum absolute atomic E-state index is 0.0354. The summed E-state index contributed by atoms with van der Waals surface area (Å²) in [5.74, 6) is 0.204. The zero-order valence-electron chi connectivity index (χ0n) is 13.1. The maximum atomic E-state index is 7.93. The molecule has 1 aromatic heterocycles. The van der Waals surface area contributed by atoms with Gasteiger partial charge in [0.15, 0.2) is 0 Å². The van der Waals surface area contributed by atoms with E-state index < -0.39 is 18.1 Å². The molecule has 0 aliphatic carbocycles. The molecule has 2 heteroatoms. The van der Waals surface area contributed by atoms with E-state index in [0.29, 0.717) is 16.0 Å². The van der Waals surface area contributed by atoms with Gasteiger partial charge in [0.2, 0.25) is 0 Å². The zero-order chi connectivity index (χ0) is 15.3. The molecule has 3 aromatic rings. The molecule has 3 rings (SSSR count). The first kappa shape index (κ1) is 5.55. The summed E-state index contributed by atoms with van der Waals surface area (Å²) in [7, 11) is 0. The third-order valence-electron chi connectivity index (χ3n) is 2.25. The fourth-order valence-corrected chi connectivity index (χ4v) is 1.74. The van der Waals surface area contributed by atoms with Gasteiger partial charge in [0, 0.05) is 10.9 Å². The van der Waals surface area contributed by atoms with Gasteiger partial charge in [-0.25, -0.2) is 0 Å². The second-order valence-corrected chi connectivity index (χ2v) is 3.67. The zero-order valence-corrected chi connectivity index (χ0v) is 8.85. The number of hydrogen-bond donors (Lipinski definition) is 0. The molecule has 0 aliphatic rings. The molecule has 2 aromatic carbocycles. The SMILES string of the molecule is [2H]c1c([2H])c([2H])c(-c2cc3c(Cl)cccc3o2)c([2H])c1[2H]. The molecular formula is C14H9ClO. The van der Waals surface area contributed by atoms with E-state index in [1.54, 1.807) is 24.3 Å². The van der Waals surface area contributed by atoms with Crippen molar-refractivity contribution in [1.82, 2.24) is 0 Å². The van der Waals surface area contributed by atoms with Gasteiger partial charge < -0.3 is 4.42 Å². The van der Waals surface area contributed by atoms with Crippen LogP contribution in [0, 0.1) is 0 Å². The number of fused-ring (bicyclic) bond motifs is 1. The molecule has 0 saturated carbocycles. The highest BCUT2D eigenvalue weighted by atomic mass is 35.5. The number of furan rings is 1. The Morgan fingerprint density at radius 2 is 1.94 bits per heavy atom. The van der Waals surface area contributed by atoms with Crippen LogP contribution >= 0.6 is 11.6 Å². The maximum Gasteiger partial charge on any atom is 0.136 e. The van der Waals surface area contributed by atoms with Crippen LogP contribution in [0.25, 0.3) is 22.3 Å². The molecule has 0 spiro atoms. The summed E-state index contributed by atoms with van der Waals surface area (Å²) in [6.45, 7) is 0. The molecule has 0 bridgehead atoms. The van der Waals surface area contributed by atoms with Crippen LogP contribution in [0.3, 0.4) is 0 Å². The van der Waals surface area contributed by atoms with Gasteiger partial charge in [-0.2, -0.15) is 0 Å². The highest BCUT2D eigenvalue weighted by Gasteiger charge is 2.07. The van der Waals surface area contributed by atoms with Crippen molar-refractivity contribution in [3.63, 3.8) is 0 Å². The quantitative estimate of drug-likeness (QED) is 0.591. The molecule has 0 saturated heterocycles.